The number of benzene rings is 1. The van der Waals surface area contributed by atoms with Crippen LogP contribution in [0.2, 0.25) is 0 Å². The molecule has 0 amide bonds. The average Bonchev–Trinajstić information content (AvgIpc) is 2.28. The first-order valence-corrected chi connectivity index (χ1v) is 4.85. The zero-order valence-corrected chi connectivity index (χ0v) is 9.12. The maximum atomic E-state index is 12.2. The third kappa shape index (κ3) is 4.30. The summed E-state index contributed by atoms with van der Waals surface area (Å²) in [6.45, 7) is 1.76. The molecule has 0 aliphatic carbocycles. The quantitative estimate of drug-likeness (QED) is 0.600. The number of ether oxygens (including phenoxy) is 1. The second kappa shape index (κ2) is 5.52. The summed E-state index contributed by atoms with van der Waals surface area (Å²) in [6, 6.07) is 4.39. The van der Waals surface area contributed by atoms with Gasteiger partial charge in [-0.15, -0.1) is 0 Å². The normalized spacial score (nSPS) is 12.4. The van der Waals surface area contributed by atoms with E-state index in [1.807, 2.05) is 0 Å². The van der Waals surface area contributed by atoms with E-state index in [-0.39, 0.29) is 6.61 Å². The fourth-order valence-corrected chi connectivity index (χ4v) is 1.06. The van der Waals surface area contributed by atoms with Crippen LogP contribution in [-0.2, 0) is 11.0 Å². The highest BCUT2D eigenvalue weighted by molar-refractivity contribution is 5.71. The van der Waals surface area contributed by atoms with Crippen molar-refractivity contribution >= 4 is 6.29 Å². The number of hydrogen-bond donors (Lipinski definition) is 0. The van der Waals surface area contributed by atoms with Gasteiger partial charge in [0.15, 0.2) is 0 Å². The van der Waals surface area contributed by atoms with Gasteiger partial charge in [0.2, 0.25) is 0 Å². The fraction of sp³-hybridized carbons (Fsp3) is 0.250. The number of aldehydes is 1. The van der Waals surface area contributed by atoms with E-state index >= 15 is 0 Å². The first-order chi connectivity index (χ1) is 7.93. The van der Waals surface area contributed by atoms with Crippen LogP contribution in [0.25, 0.3) is 0 Å². The van der Waals surface area contributed by atoms with Gasteiger partial charge >= 0.3 is 6.18 Å². The molecule has 0 unspecified atom stereocenters. The number of hydrogen-bond acceptors (Lipinski definition) is 2. The van der Waals surface area contributed by atoms with Gasteiger partial charge in [0.1, 0.15) is 18.6 Å². The molecule has 5 heteroatoms. The van der Waals surface area contributed by atoms with Crippen LogP contribution in [0.1, 0.15) is 12.5 Å². The molecule has 0 aromatic heterocycles. The largest absolute Gasteiger partial charge is 0.490 e. The van der Waals surface area contributed by atoms with E-state index in [1.165, 1.54) is 12.1 Å². The van der Waals surface area contributed by atoms with Gasteiger partial charge in [-0.2, -0.15) is 13.2 Å². The predicted molar refractivity (Wildman–Crippen MR) is 56.8 cm³/mol. The predicted octanol–water partition coefficient (Wildman–Crippen LogP) is 3.23. The van der Waals surface area contributed by atoms with Crippen molar-refractivity contribution in [1.29, 1.82) is 0 Å². The van der Waals surface area contributed by atoms with E-state index < -0.39 is 11.7 Å². The number of halogens is 3. The lowest BCUT2D eigenvalue weighted by atomic mass is 10.2. The molecule has 0 aliphatic rings. The van der Waals surface area contributed by atoms with E-state index in [0.717, 1.165) is 12.1 Å². The van der Waals surface area contributed by atoms with Crippen LogP contribution >= 0.6 is 0 Å². The Kier molecular flexibility index (Phi) is 4.31. The summed E-state index contributed by atoms with van der Waals surface area (Å²) in [5.74, 6) is 0.327. The lowest BCUT2D eigenvalue weighted by Gasteiger charge is -2.08. The minimum absolute atomic E-state index is 0.149. The molecule has 92 valence electrons. The maximum Gasteiger partial charge on any atom is 0.416 e. The minimum atomic E-state index is -4.34. The van der Waals surface area contributed by atoms with Crippen LogP contribution in [0, 0.1) is 0 Å². The molecule has 0 heterocycles. The molecule has 2 nitrogen and oxygen atoms in total. The smallest absolute Gasteiger partial charge is 0.416 e. The highest BCUT2D eigenvalue weighted by Gasteiger charge is 2.29. The minimum Gasteiger partial charge on any atom is -0.490 e. The monoisotopic (exact) mass is 244 g/mol. The zero-order valence-electron chi connectivity index (χ0n) is 9.12. The molecule has 0 fully saturated rings. The Balaban J connectivity index is 2.60. The van der Waals surface area contributed by atoms with Crippen LogP contribution in [0.3, 0.4) is 0 Å². The third-order valence-electron chi connectivity index (χ3n) is 2.02. The molecule has 0 saturated carbocycles. The molecule has 0 N–H and O–H groups in total. The molecular formula is C12H11F3O2. The van der Waals surface area contributed by atoms with Gasteiger partial charge in [0, 0.05) is 0 Å². The summed E-state index contributed by atoms with van der Waals surface area (Å²) in [5.41, 5.74) is -0.207. The summed E-state index contributed by atoms with van der Waals surface area (Å²) in [6.07, 6.45) is -2.12. The number of carbonyl (C=O) groups is 1. The summed E-state index contributed by atoms with van der Waals surface area (Å²) >= 11 is 0. The Morgan fingerprint density at radius 1 is 1.29 bits per heavy atom. The average molecular weight is 244 g/mol. The lowest BCUT2D eigenvalue weighted by Crippen LogP contribution is -2.04. The topological polar surface area (TPSA) is 26.3 Å². The van der Waals surface area contributed by atoms with Crippen LogP contribution in [0.4, 0.5) is 13.2 Å². The van der Waals surface area contributed by atoms with Crippen LogP contribution in [0.15, 0.2) is 35.9 Å². The maximum absolute atomic E-state index is 12.2. The van der Waals surface area contributed by atoms with Crippen LogP contribution < -0.4 is 4.74 Å². The van der Waals surface area contributed by atoms with Crippen LogP contribution in [0.5, 0.6) is 5.75 Å². The molecule has 0 radical (unpaired) electrons. The van der Waals surface area contributed by atoms with Crippen LogP contribution in [-0.4, -0.2) is 12.9 Å². The first-order valence-electron chi connectivity index (χ1n) is 4.85. The number of carbonyl (C=O) groups excluding carboxylic acids is 1. The summed E-state index contributed by atoms with van der Waals surface area (Å²) < 4.78 is 41.8. The van der Waals surface area contributed by atoms with Crippen molar-refractivity contribution in [3.05, 3.63) is 41.5 Å². The second-order valence-electron chi connectivity index (χ2n) is 3.40. The molecular weight excluding hydrogens is 233 g/mol. The van der Waals surface area contributed by atoms with Crippen molar-refractivity contribution < 1.29 is 22.7 Å². The summed E-state index contributed by atoms with van der Waals surface area (Å²) in [4.78, 5) is 10.3. The Hall–Kier alpha value is -1.78. The zero-order chi connectivity index (χ0) is 12.9. The molecule has 0 aliphatic heterocycles. The number of rotatable bonds is 4. The Labute approximate surface area is 96.7 Å². The Morgan fingerprint density at radius 2 is 1.88 bits per heavy atom. The fourth-order valence-electron chi connectivity index (χ4n) is 1.06. The van der Waals surface area contributed by atoms with Gasteiger partial charge in [-0.1, -0.05) is 0 Å². The van der Waals surface area contributed by atoms with Gasteiger partial charge in [0.25, 0.3) is 0 Å². The van der Waals surface area contributed by atoms with Gasteiger partial charge in [-0.25, -0.2) is 0 Å². The number of alkyl halides is 3. The molecule has 17 heavy (non-hydrogen) atoms. The van der Waals surface area contributed by atoms with Crippen molar-refractivity contribution in [3.63, 3.8) is 0 Å². The second-order valence-corrected chi connectivity index (χ2v) is 3.40. The van der Waals surface area contributed by atoms with E-state index in [0.29, 0.717) is 17.6 Å². The Bertz CT molecular complexity index is 405. The molecule has 0 spiro atoms. The van der Waals surface area contributed by atoms with E-state index in [9.17, 15) is 18.0 Å². The van der Waals surface area contributed by atoms with E-state index in [1.54, 1.807) is 13.0 Å². The summed E-state index contributed by atoms with van der Waals surface area (Å²) in [5, 5.41) is 0. The molecule has 0 saturated heterocycles. The van der Waals surface area contributed by atoms with Gasteiger partial charge in [-0.3, -0.25) is 4.79 Å². The van der Waals surface area contributed by atoms with Gasteiger partial charge in [0.05, 0.1) is 5.56 Å². The Morgan fingerprint density at radius 3 is 2.35 bits per heavy atom. The van der Waals surface area contributed by atoms with Gasteiger partial charge < -0.3 is 4.74 Å². The molecule has 1 rings (SSSR count). The lowest BCUT2D eigenvalue weighted by molar-refractivity contribution is -0.137. The highest BCUT2D eigenvalue weighted by Crippen LogP contribution is 2.30. The van der Waals surface area contributed by atoms with Crippen molar-refractivity contribution in [2.45, 2.75) is 13.1 Å². The van der Waals surface area contributed by atoms with Crippen molar-refractivity contribution in [3.8, 4) is 5.75 Å². The third-order valence-corrected chi connectivity index (χ3v) is 2.02. The number of allylic oxidation sites excluding steroid dienone is 1. The molecule has 1 aromatic carbocycles. The molecule has 0 bridgehead atoms. The van der Waals surface area contributed by atoms with E-state index in [2.05, 4.69) is 0 Å². The SMILES string of the molecule is CC(C=O)=CCOc1ccc(C(F)(F)F)cc1. The van der Waals surface area contributed by atoms with E-state index in [4.69, 9.17) is 4.74 Å². The van der Waals surface area contributed by atoms with Gasteiger partial charge in [-0.05, 0) is 42.8 Å². The summed E-state index contributed by atoms with van der Waals surface area (Å²) in [7, 11) is 0. The van der Waals surface area contributed by atoms with Crippen molar-refractivity contribution in [2.24, 2.45) is 0 Å². The molecule has 1 aromatic rings. The van der Waals surface area contributed by atoms with Crippen molar-refractivity contribution in [1.82, 2.24) is 0 Å². The molecule has 0 atom stereocenters. The highest BCUT2D eigenvalue weighted by atomic mass is 19.4. The first kappa shape index (κ1) is 13.3. The van der Waals surface area contributed by atoms with Crippen molar-refractivity contribution in [2.75, 3.05) is 6.61 Å². The standard InChI is InChI=1S/C12H11F3O2/c1-9(8-16)6-7-17-11-4-2-10(3-5-11)12(13,14)15/h2-6,8H,7H2,1H3.